The van der Waals surface area contributed by atoms with Gasteiger partial charge in [-0.2, -0.15) is 5.26 Å². The van der Waals surface area contributed by atoms with Gasteiger partial charge in [0.2, 0.25) is 0 Å². The summed E-state index contributed by atoms with van der Waals surface area (Å²) in [5, 5.41) is 12.6. The number of hydrogen-bond acceptors (Lipinski definition) is 6. The fourth-order valence-corrected chi connectivity index (χ4v) is 3.86. The maximum atomic E-state index is 12.3. The Balaban J connectivity index is 1.85. The fraction of sp³-hybridized carbons (Fsp3) is 0.185. The molecule has 3 aromatic carbocycles. The number of nitrogens with one attached hydrogen (secondary N) is 1. The van der Waals surface area contributed by atoms with Gasteiger partial charge < -0.3 is 24.3 Å². The lowest BCUT2D eigenvalue weighted by Gasteiger charge is -2.15. The maximum absolute atomic E-state index is 12.3. The molecule has 3 rings (SSSR count). The van der Waals surface area contributed by atoms with Gasteiger partial charge in [0.05, 0.1) is 36.9 Å². The second kappa shape index (κ2) is 12.5. The normalized spacial score (nSPS) is 10.8. The van der Waals surface area contributed by atoms with Crippen molar-refractivity contribution in [2.75, 3.05) is 32.8 Å². The SMILES string of the molecule is CCOc1cc(/C=C(\C#N)c2ccc(OC)c(OC)c2)cc(Br)c1OCC(=O)Nc1ccccc1. The lowest BCUT2D eigenvalue weighted by atomic mass is 10.0. The minimum absolute atomic E-state index is 0.197. The summed E-state index contributed by atoms with van der Waals surface area (Å²) in [4.78, 5) is 12.3. The van der Waals surface area contributed by atoms with Crippen LogP contribution in [0, 0.1) is 11.3 Å². The molecule has 0 atom stereocenters. The van der Waals surface area contributed by atoms with Gasteiger partial charge in [0, 0.05) is 5.69 Å². The van der Waals surface area contributed by atoms with Gasteiger partial charge in [-0.15, -0.1) is 0 Å². The average molecular weight is 537 g/mol. The third kappa shape index (κ3) is 6.78. The second-order valence-electron chi connectivity index (χ2n) is 7.21. The molecule has 0 aliphatic carbocycles. The van der Waals surface area contributed by atoms with E-state index in [1.54, 1.807) is 62.8 Å². The number of halogens is 1. The van der Waals surface area contributed by atoms with E-state index in [1.807, 2.05) is 25.1 Å². The van der Waals surface area contributed by atoms with Crippen molar-refractivity contribution in [1.82, 2.24) is 0 Å². The Morgan fingerprint density at radius 3 is 2.40 bits per heavy atom. The van der Waals surface area contributed by atoms with E-state index in [9.17, 15) is 10.1 Å². The summed E-state index contributed by atoms with van der Waals surface area (Å²) in [6.07, 6.45) is 1.74. The van der Waals surface area contributed by atoms with Gasteiger partial charge in [0.15, 0.2) is 29.6 Å². The second-order valence-corrected chi connectivity index (χ2v) is 8.06. The van der Waals surface area contributed by atoms with Gasteiger partial charge in [-0.25, -0.2) is 0 Å². The molecule has 0 heterocycles. The molecule has 1 amide bonds. The number of carbonyl (C=O) groups is 1. The highest BCUT2D eigenvalue weighted by Crippen LogP contribution is 2.38. The smallest absolute Gasteiger partial charge is 0.262 e. The Labute approximate surface area is 213 Å². The molecule has 180 valence electrons. The molecule has 0 aromatic heterocycles. The molecule has 0 aliphatic heterocycles. The molecule has 0 radical (unpaired) electrons. The van der Waals surface area contributed by atoms with E-state index in [0.717, 1.165) is 0 Å². The third-order valence-electron chi connectivity index (χ3n) is 4.86. The number of hydrogen-bond donors (Lipinski definition) is 1. The van der Waals surface area contributed by atoms with Crippen LogP contribution in [-0.4, -0.2) is 33.3 Å². The van der Waals surface area contributed by atoms with Crippen molar-refractivity contribution < 1.29 is 23.7 Å². The highest BCUT2D eigenvalue weighted by atomic mass is 79.9. The first-order valence-corrected chi connectivity index (χ1v) is 11.6. The number of rotatable bonds is 10. The van der Waals surface area contributed by atoms with Gasteiger partial charge >= 0.3 is 0 Å². The van der Waals surface area contributed by atoms with Crippen molar-refractivity contribution in [3.63, 3.8) is 0 Å². The summed E-state index contributed by atoms with van der Waals surface area (Å²) < 4.78 is 22.8. The number of nitrogens with zero attached hydrogens (tertiary/aromatic N) is 1. The number of amides is 1. The Morgan fingerprint density at radius 1 is 1.00 bits per heavy atom. The molecule has 0 spiro atoms. The zero-order valence-corrected chi connectivity index (χ0v) is 21.2. The Morgan fingerprint density at radius 2 is 1.74 bits per heavy atom. The minimum atomic E-state index is -0.297. The van der Waals surface area contributed by atoms with Crippen LogP contribution in [0.25, 0.3) is 11.6 Å². The fourth-order valence-electron chi connectivity index (χ4n) is 3.28. The standard InChI is InChI=1S/C27H25BrN2O5/c1-4-34-25-14-18(12-20(16-29)19-10-11-23(32-2)24(15-19)33-3)13-22(28)27(25)35-17-26(31)30-21-8-6-5-7-9-21/h5-15H,4,17H2,1-3H3,(H,30,31)/b20-12+. The monoisotopic (exact) mass is 536 g/mol. The van der Waals surface area contributed by atoms with Crippen LogP contribution in [0.15, 0.2) is 65.1 Å². The van der Waals surface area contributed by atoms with Gasteiger partial charge in [-0.1, -0.05) is 18.2 Å². The van der Waals surface area contributed by atoms with Crippen LogP contribution < -0.4 is 24.3 Å². The van der Waals surface area contributed by atoms with Crippen molar-refractivity contribution in [2.45, 2.75) is 6.92 Å². The molecule has 0 unspecified atom stereocenters. The van der Waals surface area contributed by atoms with Crippen molar-refractivity contribution in [2.24, 2.45) is 0 Å². The number of ether oxygens (including phenoxy) is 4. The van der Waals surface area contributed by atoms with Crippen molar-refractivity contribution in [1.29, 1.82) is 5.26 Å². The molecule has 0 saturated heterocycles. The average Bonchev–Trinajstić information content (AvgIpc) is 2.87. The summed E-state index contributed by atoms with van der Waals surface area (Å²) in [5.41, 5.74) is 2.51. The molecule has 0 bridgehead atoms. The van der Waals surface area contributed by atoms with E-state index in [1.165, 1.54) is 0 Å². The van der Waals surface area contributed by atoms with E-state index in [-0.39, 0.29) is 12.5 Å². The highest BCUT2D eigenvalue weighted by Gasteiger charge is 2.15. The topological polar surface area (TPSA) is 89.8 Å². The molecule has 1 N–H and O–H groups in total. The highest BCUT2D eigenvalue weighted by molar-refractivity contribution is 9.10. The number of methoxy groups -OCH3 is 2. The number of carbonyl (C=O) groups excluding carboxylic acids is 1. The summed E-state index contributed by atoms with van der Waals surface area (Å²) in [5.74, 6) is 1.66. The molecule has 0 saturated carbocycles. The van der Waals surface area contributed by atoms with Crippen LogP contribution in [0.2, 0.25) is 0 Å². The molecular weight excluding hydrogens is 512 g/mol. The Kier molecular flexibility index (Phi) is 9.16. The number of nitriles is 1. The van der Waals surface area contributed by atoms with E-state index in [0.29, 0.717) is 56.5 Å². The predicted molar refractivity (Wildman–Crippen MR) is 139 cm³/mol. The number of para-hydroxylation sites is 1. The largest absolute Gasteiger partial charge is 0.493 e. The van der Waals surface area contributed by atoms with Gasteiger partial charge in [0.1, 0.15) is 0 Å². The first-order chi connectivity index (χ1) is 17.0. The molecule has 35 heavy (non-hydrogen) atoms. The van der Waals surface area contributed by atoms with E-state index in [4.69, 9.17) is 18.9 Å². The molecule has 0 aliphatic rings. The van der Waals surface area contributed by atoms with Crippen molar-refractivity contribution in [3.8, 4) is 29.1 Å². The molecular formula is C27H25BrN2O5. The number of allylic oxidation sites excluding steroid dienone is 1. The van der Waals surface area contributed by atoms with Crippen LogP contribution in [-0.2, 0) is 4.79 Å². The lowest BCUT2D eigenvalue weighted by molar-refractivity contribution is -0.118. The quantitative estimate of drug-likeness (QED) is 0.254. The zero-order chi connectivity index (χ0) is 25.2. The first kappa shape index (κ1) is 25.7. The minimum Gasteiger partial charge on any atom is -0.493 e. The molecule has 7 nitrogen and oxygen atoms in total. The van der Waals surface area contributed by atoms with Crippen LogP contribution in [0.3, 0.4) is 0 Å². The van der Waals surface area contributed by atoms with Crippen LogP contribution >= 0.6 is 15.9 Å². The summed E-state index contributed by atoms with van der Waals surface area (Å²) in [6.45, 7) is 2.05. The first-order valence-electron chi connectivity index (χ1n) is 10.8. The van der Waals surface area contributed by atoms with Crippen LogP contribution in [0.1, 0.15) is 18.1 Å². The number of benzene rings is 3. The molecule has 0 fully saturated rings. The van der Waals surface area contributed by atoms with E-state index < -0.39 is 0 Å². The molecule has 3 aromatic rings. The Hall–Kier alpha value is -3.96. The van der Waals surface area contributed by atoms with Gasteiger partial charge in [-0.05, 0) is 82.5 Å². The lowest BCUT2D eigenvalue weighted by Crippen LogP contribution is -2.20. The molecule has 8 heteroatoms. The van der Waals surface area contributed by atoms with Crippen LogP contribution in [0.5, 0.6) is 23.0 Å². The van der Waals surface area contributed by atoms with Crippen LogP contribution in [0.4, 0.5) is 5.69 Å². The summed E-state index contributed by atoms with van der Waals surface area (Å²) >= 11 is 3.51. The summed E-state index contributed by atoms with van der Waals surface area (Å²) in [6, 6.07) is 20.2. The Bertz CT molecular complexity index is 1250. The van der Waals surface area contributed by atoms with Gasteiger partial charge in [0.25, 0.3) is 5.91 Å². The third-order valence-corrected chi connectivity index (χ3v) is 5.45. The van der Waals surface area contributed by atoms with Gasteiger partial charge in [-0.3, -0.25) is 4.79 Å². The summed E-state index contributed by atoms with van der Waals surface area (Å²) in [7, 11) is 3.10. The zero-order valence-electron chi connectivity index (χ0n) is 19.6. The predicted octanol–water partition coefficient (Wildman–Crippen LogP) is 5.95. The van der Waals surface area contributed by atoms with E-state index in [2.05, 4.69) is 27.3 Å². The van der Waals surface area contributed by atoms with Crippen molar-refractivity contribution in [3.05, 3.63) is 76.3 Å². The van der Waals surface area contributed by atoms with Crippen molar-refractivity contribution >= 4 is 39.2 Å². The van der Waals surface area contributed by atoms with E-state index >= 15 is 0 Å². The maximum Gasteiger partial charge on any atom is 0.262 e. The number of anilines is 1.